The highest BCUT2D eigenvalue weighted by Crippen LogP contribution is 2.23. The van der Waals surface area contributed by atoms with E-state index in [4.69, 9.17) is 17.0 Å². The largest absolute Gasteiger partial charge is 0.497 e. The number of nitrogens with one attached hydrogen (secondary N) is 2. The van der Waals surface area contributed by atoms with Crippen molar-refractivity contribution < 1.29 is 9.53 Å². The predicted molar refractivity (Wildman–Crippen MR) is 141 cm³/mol. The lowest BCUT2D eigenvalue weighted by molar-refractivity contribution is 0.103. The number of hydrogen-bond donors (Lipinski definition) is 2. The molecule has 0 aromatic heterocycles. The van der Waals surface area contributed by atoms with Gasteiger partial charge in [0, 0.05) is 23.4 Å². The van der Waals surface area contributed by atoms with E-state index in [1.807, 2.05) is 60.7 Å². The van der Waals surface area contributed by atoms with E-state index in [1.54, 1.807) is 7.11 Å². The van der Waals surface area contributed by atoms with Crippen molar-refractivity contribution in [1.29, 1.82) is 0 Å². The standard InChI is InChI=1S/C28H32N2O2S/c1-28(2,3)23-14-12-21(13-15-23)26(31)22-8-5-9-24(19-22)30-27(33)29-18-6-7-20-10-16-25(32-4)17-11-20/h5,8-17,19H,6-7,18H2,1-4H3,(H2,29,30,33). The van der Waals surface area contributed by atoms with Crippen LogP contribution < -0.4 is 15.4 Å². The van der Waals surface area contributed by atoms with Crippen molar-refractivity contribution in [1.82, 2.24) is 5.32 Å². The summed E-state index contributed by atoms with van der Waals surface area (Å²) in [5.41, 5.74) is 4.63. The smallest absolute Gasteiger partial charge is 0.193 e. The Morgan fingerprint density at radius 1 is 0.939 bits per heavy atom. The Morgan fingerprint density at radius 2 is 1.64 bits per heavy atom. The minimum Gasteiger partial charge on any atom is -0.497 e. The van der Waals surface area contributed by atoms with Crippen LogP contribution in [0.15, 0.2) is 72.8 Å². The second-order valence-corrected chi connectivity index (χ2v) is 9.48. The lowest BCUT2D eigenvalue weighted by atomic mass is 9.86. The van der Waals surface area contributed by atoms with Crippen molar-refractivity contribution >= 4 is 28.8 Å². The van der Waals surface area contributed by atoms with Gasteiger partial charge >= 0.3 is 0 Å². The molecule has 0 aliphatic rings. The molecule has 0 fully saturated rings. The summed E-state index contributed by atoms with van der Waals surface area (Å²) in [7, 11) is 1.67. The van der Waals surface area contributed by atoms with E-state index in [0.29, 0.717) is 16.2 Å². The molecule has 2 N–H and O–H groups in total. The van der Waals surface area contributed by atoms with E-state index in [9.17, 15) is 4.79 Å². The van der Waals surface area contributed by atoms with Gasteiger partial charge in [0.2, 0.25) is 0 Å². The number of carbonyl (C=O) groups excluding carboxylic acids is 1. The summed E-state index contributed by atoms with van der Waals surface area (Å²) in [6.45, 7) is 7.25. The van der Waals surface area contributed by atoms with E-state index in [-0.39, 0.29) is 11.2 Å². The van der Waals surface area contributed by atoms with E-state index < -0.39 is 0 Å². The monoisotopic (exact) mass is 460 g/mol. The van der Waals surface area contributed by atoms with Crippen LogP contribution in [0.2, 0.25) is 0 Å². The summed E-state index contributed by atoms with van der Waals surface area (Å²) in [6, 6.07) is 23.4. The first kappa shape index (κ1) is 24.5. The molecule has 5 heteroatoms. The maximum atomic E-state index is 12.9. The molecule has 172 valence electrons. The summed E-state index contributed by atoms with van der Waals surface area (Å²) >= 11 is 5.43. The molecule has 3 rings (SSSR count). The number of aryl methyl sites for hydroxylation is 1. The molecule has 0 heterocycles. The summed E-state index contributed by atoms with van der Waals surface area (Å²) < 4.78 is 5.19. The molecule has 0 atom stereocenters. The van der Waals surface area contributed by atoms with Crippen molar-refractivity contribution in [2.75, 3.05) is 19.0 Å². The lowest BCUT2D eigenvalue weighted by Crippen LogP contribution is -2.29. The third-order valence-electron chi connectivity index (χ3n) is 5.48. The molecule has 3 aromatic rings. The van der Waals surface area contributed by atoms with E-state index >= 15 is 0 Å². The van der Waals surface area contributed by atoms with Crippen LogP contribution in [0.3, 0.4) is 0 Å². The van der Waals surface area contributed by atoms with Crippen LogP contribution in [-0.2, 0) is 11.8 Å². The van der Waals surface area contributed by atoms with Gasteiger partial charge in [-0.25, -0.2) is 0 Å². The molecular weight excluding hydrogens is 428 g/mol. The van der Waals surface area contributed by atoms with Crippen molar-refractivity contribution in [3.63, 3.8) is 0 Å². The van der Waals surface area contributed by atoms with Crippen LogP contribution in [0.25, 0.3) is 0 Å². The molecule has 0 saturated heterocycles. The molecule has 0 saturated carbocycles. The fourth-order valence-electron chi connectivity index (χ4n) is 3.49. The van der Waals surface area contributed by atoms with Crippen LogP contribution in [0.5, 0.6) is 5.75 Å². The molecule has 0 radical (unpaired) electrons. The third kappa shape index (κ3) is 7.16. The molecule has 0 bridgehead atoms. The van der Waals surface area contributed by atoms with Gasteiger partial charge in [-0.05, 0) is 65.9 Å². The zero-order valence-corrected chi connectivity index (χ0v) is 20.6. The second kappa shape index (κ2) is 11.1. The Bertz CT molecular complexity index is 1080. The van der Waals surface area contributed by atoms with Crippen LogP contribution in [-0.4, -0.2) is 24.6 Å². The Kier molecular flexibility index (Phi) is 8.23. The van der Waals surface area contributed by atoms with Crippen LogP contribution in [0.4, 0.5) is 5.69 Å². The topological polar surface area (TPSA) is 50.4 Å². The minimum atomic E-state index is -0.00233. The first-order valence-corrected chi connectivity index (χ1v) is 11.6. The van der Waals surface area contributed by atoms with Crippen molar-refractivity contribution in [2.45, 2.75) is 39.0 Å². The Labute approximate surface area is 202 Å². The van der Waals surface area contributed by atoms with Gasteiger partial charge in [0.05, 0.1) is 7.11 Å². The first-order valence-electron chi connectivity index (χ1n) is 11.2. The van der Waals surface area contributed by atoms with Gasteiger partial charge in [-0.15, -0.1) is 0 Å². The number of hydrogen-bond acceptors (Lipinski definition) is 3. The molecular formula is C28H32N2O2S. The number of anilines is 1. The number of thiocarbonyl (C=S) groups is 1. The zero-order valence-electron chi connectivity index (χ0n) is 19.8. The van der Waals surface area contributed by atoms with Crippen molar-refractivity contribution in [3.05, 3.63) is 95.1 Å². The Balaban J connectivity index is 1.51. The van der Waals surface area contributed by atoms with Crippen LogP contribution >= 0.6 is 12.2 Å². The molecule has 0 amide bonds. The Hall–Kier alpha value is -3.18. The summed E-state index contributed by atoms with van der Waals surface area (Å²) in [4.78, 5) is 12.9. The number of ether oxygens (including phenoxy) is 1. The van der Waals surface area contributed by atoms with Crippen LogP contribution in [0.1, 0.15) is 54.2 Å². The summed E-state index contributed by atoms with van der Waals surface area (Å²) in [6.07, 6.45) is 1.91. The fraction of sp³-hybridized carbons (Fsp3) is 0.286. The number of carbonyl (C=O) groups is 1. The van der Waals surface area contributed by atoms with Gasteiger partial charge in [0.25, 0.3) is 0 Å². The molecule has 4 nitrogen and oxygen atoms in total. The predicted octanol–water partition coefficient (Wildman–Crippen LogP) is 6.14. The number of rotatable bonds is 8. The number of benzene rings is 3. The molecule has 0 spiro atoms. The van der Waals surface area contributed by atoms with Gasteiger partial charge in [-0.3, -0.25) is 4.79 Å². The van der Waals surface area contributed by atoms with Gasteiger partial charge < -0.3 is 15.4 Å². The number of methoxy groups -OCH3 is 1. The lowest BCUT2D eigenvalue weighted by Gasteiger charge is -2.19. The first-order chi connectivity index (χ1) is 15.8. The molecule has 0 aliphatic carbocycles. The third-order valence-corrected chi connectivity index (χ3v) is 5.73. The van der Waals surface area contributed by atoms with E-state index in [1.165, 1.54) is 11.1 Å². The minimum absolute atomic E-state index is 0.00233. The molecule has 0 aliphatic heterocycles. The molecule has 0 unspecified atom stereocenters. The quantitative estimate of drug-likeness (QED) is 0.240. The summed E-state index contributed by atoms with van der Waals surface area (Å²) in [5, 5.41) is 6.96. The molecule has 33 heavy (non-hydrogen) atoms. The van der Waals surface area contributed by atoms with Gasteiger partial charge in [0.15, 0.2) is 10.9 Å². The fourth-order valence-corrected chi connectivity index (χ4v) is 3.71. The van der Waals surface area contributed by atoms with Gasteiger partial charge in [-0.2, -0.15) is 0 Å². The maximum absolute atomic E-state index is 12.9. The normalized spacial score (nSPS) is 11.0. The van der Waals surface area contributed by atoms with Crippen molar-refractivity contribution in [2.24, 2.45) is 0 Å². The highest BCUT2D eigenvalue weighted by atomic mass is 32.1. The highest BCUT2D eigenvalue weighted by Gasteiger charge is 2.15. The second-order valence-electron chi connectivity index (χ2n) is 9.07. The highest BCUT2D eigenvalue weighted by molar-refractivity contribution is 7.80. The van der Waals surface area contributed by atoms with Gasteiger partial charge in [-0.1, -0.05) is 69.3 Å². The van der Waals surface area contributed by atoms with Gasteiger partial charge in [0.1, 0.15) is 5.75 Å². The van der Waals surface area contributed by atoms with Crippen molar-refractivity contribution in [3.8, 4) is 5.75 Å². The van der Waals surface area contributed by atoms with Crippen LogP contribution in [0, 0.1) is 0 Å². The van der Waals surface area contributed by atoms with E-state index in [0.717, 1.165) is 30.8 Å². The average molecular weight is 461 g/mol. The SMILES string of the molecule is COc1ccc(CCCNC(=S)Nc2cccc(C(=O)c3ccc(C(C)(C)C)cc3)c2)cc1. The molecule has 3 aromatic carbocycles. The zero-order chi connectivity index (χ0) is 23.8. The summed E-state index contributed by atoms with van der Waals surface area (Å²) in [5.74, 6) is 0.863. The maximum Gasteiger partial charge on any atom is 0.193 e. The average Bonchev–Trinajstić information content (AvgIpc) is 2.81. The van der Waals surface area contributed by atoms with E-state index in [2.05, 4.69) is 43.5 Å². The number of ketones is 1. The Morgan fingerprint density at radius 3 is 2.27 bits per heavy atom.